The van der Waals surface area contributed by atoms with Crippen molar-refractivity contribution < 1.29 is 14.3 Å². The molecule has 2 heterocycles. The molecule has 22 heavy (non-hydrogen) atoms. The van der Waals surface area contributed by atoms with Crippen LogP contribution in [0.4, 0.5) is 0 Å². The first-order chi connectivity index (χ1) is 10.3. The Hall–Kier alpha value is -0.980. The van der Waals surface area contributed by atoms with E-state index in [1.807, 2.05) is 32.9 Å². The Kier molecular flexibility index (Phi) is 5.58. The number of ether oxygens (including phenoxy) is 2. The summed E-state index contributed by atoms with van der Waals surface area (Å²) in [5.41, 5.74) is -0.0963. The lowest BCUT2D eigenvalue weighted by molar-refractivity contribution is -0.169. The van der Waals surface area contributed by atoms with Crippen molar-refractivity contribution in [1.82, 2.24) is 10.3 Å². The highest BCUT2D eigenvalue weighted by atomic mass is 79.9. The van der Waals surface area contributed by atoms with Crippen LogP contribution in [-0.2, 0) is 19.9 Å². The molecule has 0 spiro atoms. The third-order valence-electron chi connectivity index (χ3n) is 3.48. The maximum absolute atomic E-state index is 12.0. The third kappa shape index (κ3) is 4.51. The summed E-state index contributed by atoms with van der Waals surface area (Å²) in [7, 11) is 0. The quantitative estimate of drug-likeness (QED) is 0.652. The van der Waals surface area contributed by atoms with E-state index < -0.39 is 11.2 Å². The van der Waals surface area contributed by atoms with E-state index >= 15 is 0 Å². The van der Waals surface area contributed by atoms with E-state index in [-0.39, 0.29) is 12.6 Å². The van der Waals surface area contributed by atoms with Crippen LogP contribution in [0.15, 0.2) is 22.9 Å². The van der Waals surface area contributed by atoms with E-state index in [0.717, 1.165) is 29.6 Å². The van der Waals surface area contributed by atoms with Gasteiger partial charge in [-0.15, -0.1) is 0 Å². The SMILES string of the molecule is CC(C)(C)OC(=O)COC1(c2cccnc2Br)CCCNC1. The Bertz CT molecular complexity index is 522. The number of halogens is 1. The van der Waals surface area contributed by atoms with Crippen LogP contribution < -0.4 is 5.32 Å². The summed E-state index contributed by atoms with van der Waals surface area (Å²) in [5, 5.41) is 3.35. The molecule has 6 heteroatoms. The number of carbonyl (C=O) groups excluding carboxylic acids is 1. The number of nitrogens with one attached hydrogen (secondary N) is 1. The third-order valence-corrected chi connectivity index (χ3v) is 4.11. The fourth-order valence-electron chi connectivity index (χ4n) is 2.60. The maximum Gasteiger partial charge on any atom is 0.332 e. The number of piperidine rings is 1. The van der Waals surface area contributed by atoms with Crippen LogP contribution >= 0.6 is 15.9 Å². The molecule has 1 unspecified atom stereocenters. The highest BCUT2D eigenvalue weighted by molar-refractivity contribution is 9.10. The first kappa shape index (κ1) is 17.4. The van der Waals surface area contributed by atoms with Gasteiger partial charge >= 0.3 is 5.97 Å². The Morgan fingerprint density at radius 3 is 2.86 bits per heavy atom. The van der Waals surface area contributed by atoms with Crippen molar-refractivity contribution in [2.75, 3.05) is 19.7 Å². The number of nitrogens with zero attached hydrogens (tertiary/aromatic N) is 1. The Labute approximate surface area is 139 Å². The maximum atomic E-state index is 12.0. The molecule has 0 saturated carbocycles. The Balaban J connectivity index is 2.13. The monoisotopic (exact) mass is 370 g/mol. The summed E-state index contributed by atoms with van der Waals surface area (Å²) in [5.74, 6) is -0.350. The topological polar surface area (TPSA) is 60.5 Å². The smallest absolute Gasteiger partial charge is 0.332 e. The van der Waals surface area contributed by atoms with E-state index in [4.69, 9.17) is 9.47 Å². The molecule has 1 aromatic rings. The van der Waals surface area contributed by atoms with Crippen LogP contribution in [0, 0.1) is 0 Å². The van der Waals surface area contributed by atoms with Gasteiger partial charge in [0.1, 0.15) is 22.4 Å². The second-order valence-electron chi connectivity index (χ2n) is 6.49. The molecule has 1 fully saturated rings. The van der Waals surface area contributed by atoms with Gasteiger partial charge in [0.05, 0.1) is 0 Å². The van der Waals surface area contributed by atoms with Crippen LogP contribution in [0.5, 0.6) is 0 Å². The molecule has 0 amide bonds. The summed E-state index contributed by atoms with van der Waals surface area (Å²) < 4.78 is 12.1. The number of carbonyl (C=O) groups is 1. The lowest BCUT2D eigenvalue weighted by Crippen LogP contribution is -2.46. The highest BCUT2D eigenvalue weighted by Crippen LogP contribution is 2.36. The molecule has 2 rings (SSSR count). The second kappa shape index (κ2) is 7.06. The standard InChI is InChI=1S/C16H23BrN2O3/c1-15(2,3)22-13(20)10-21-16(7-5-8-18-11-16)12-6-4-9-19-14(12)17/h4,6,9,18H,5,7-8,10-11H2,1-3H3. The average molecular weight is 371 g/mol. The Morgan fingerprint density at radius 2 is 2.27 bits per heavy atom. The van der Waals surface area contributed by atoms with E-state index in [2.05, 4.69) is 26.2 Å². The number of pyridine rings is 1. The van der Waals surface area contributed by atoms with Gasteiger partial charge < -0.3 is 14.8 Å². The molecule has 122 valence electrons. The first-order valence-corrected chi connectivity index (χ1v) is 8.29. The van der Waals surface area contributed by atoms with Crippen LogP contribution in [0.3, 0.4) is 0 Å². The molecule has 1 aromatic heterocycles. The zero-order valence-electron chi connectivity index (χ0n) is 13.3. The largest absolute Gasteiger partial charge is 0.458 e. The molecule has 1 atom stereocenters. The van der Waals surface area contributed by atoms with Crippen molar-refractivity contribution >= 4 is 21.9 Å². The van der Waals surface area contributed by atoms with Gasteiger partial charge in [0.15, 0.2) is 0 Å². The van der Waals surface area contributed by atoms with Gasteiger partial charge in [-0.1, -0.05) is 6.07 Å². The molecule has 0 radical (unpaired) electrons. The molecular formula is C16H23BrN2O3. The van der Waals surface area contributed by atoms with E-state index in [1.54, 1.807) is 6.20 Å². The van der Waals surface area contributed by atoms with Crippen molar-refractivity contribution in [3.8, 4) is 0 Å². The van der Waals surface area contributed by atoms with Crippen molar-refractivity contribution in [1.29, 1.82) is 0 Å². The normalized spacial score (nSPS) is 22.4. The van der Waals surface area contributed by atoms with Crippen LogP contribution in [0.1, 0.15) is 39.2 Å². The summed E-state index contributed by atoms with van der Waals surface area (Å²) in [6.45, 7) is 7.08. The lowest BCUT2D eigenvalue weighted by Gasteiger charge is -2.38. The second-order valence-corrected chi connectivity index (χ2v) is 7.24. The molecule has 5 nitrogen and oxygen atoms in total. The van der Waals surface area contributed by atoms with Crippen molar-refractivity contribution in [3.05, 3.63) is 28.5 Å². The van der Waals surface area contributed by atoms with Crippen molar-refractivity contribution in [2.45, 2.75) is 44.8 Å². The molecule has 0 bridgehead atoms. The van der Waals surface area contributed by atoms with E-state index in [9.17, 15) is 4.79 Å². The summed E-state index contributed by atoms with van der Waals surface area (Å²) in [4.78, 5) is 16.2. The number of hydrogen-bond acceptors (Lipinski definition) is 5. The number of rotatable bonds is 4. The minimum Gasteiger partial charge on any atom is -0.458 e. The van der Waals surface area contributed by atoms with Gasteiger partial charge in [-0.2, -0.15) is 0 Å². The molecule has 1 aliphatic rings. The average Bonchev–Trinajstić information content (AvgIpc) is 2.45. The molecule has 0 aromatic carbocycles. The van der Waals surface area contributed by atoms with Gasteiger partial charge in [0.2, 0.25) is 0 Å². The van der Waals surface area contributed by atoms with Crippen LogP contribution in [0.2, 0.25) is 0 Å². The Morgan fingerprint density at radius 1 is 1.50 bits per heavy atom. The highest BCUT2D eigenvalue weighted by Gasteiger charge is 2.38. The minimum atomic E-state index is -0.553. The van der Waals surface area contributed by atoms with Gasteiger partial charge in [0.25, 0.3) is 0 Å². The zero-order chi connectivity index (χ0) is 16.2. The molecule has 1 N–H and O–H groups in total. The first-order valence-electron chi connectivity index (χ1n) is 7.50. The van der Waals surface area contributed by atoms with E-state index in [1.165, 1.54) is 0 Å². The van der Waals surface area contributed by atoms with Crippen LogP contribution in [0.25, 0.3) is 0 Å². The van der Waals surface area contributed by atoms with Crippen molar-refractivity contribution in [3.63, 3.8) is 0 Å². The lowest BCUT2D eigenvalue weighted by atomic mass is 9.87. The number of hydrogen-bond donors (Lipinski definition) is 1. The fourth-order valence-corrected chi connectivity index (χ4v) is 3.21. The minimum absolute atomic E-state index is 0.0692. The molecular weight excluding hydrogens is 348 g/mol. The predicted molar refractivity (Wildman–Crippen MR) is 87.5 cm³/mol. The zero-order valence-corrected chi connectivity index (χ0v) is 14.9. The van der Waals surface area contributed by atoms with Gasteiger partial charge in [-0.25, -0.2) is 9.78 Å². The summed E-state index contributed by atoms with van der Waals surface area (Å²) >= 11 is 3.49. The fraction of sp³-hybridized carbons (Fsp3) is 0.625. The van der Waals surface area contributed by atoms with Gasteiger partial charge in [-0.3, -0.25) is 0 Å². The molecule has 1 saturated heterocycles. The van der Waals surface area contributed by atoms with Gasteiger partial charge in [0, 0.05) is 18.3 Å². The molecule has 0 aliphatic carbocycles. The predicted octanol–water partition coefficient (Wildman–Crippen LogP) is 2.78. The van der Waals surface area contributed by atoms with E-state index in [0.29, 0.717) is 6.54 Å². The number of esters is 1. The van der Waals surface area contributed by atoms with Crippen molar-refractivity contribution in [2.24, 2.45) is 0 Å². The summed E-state index contributed by atoms with van der Waals surface area (Å²) in [6, 6.07) is 3.87. The summed E-state index contributed by atoms with van der Waals surface area (Å²) in [6.07, 6.45) is 3.55. The van der Waals surface area contributed by atoms with Gasteiger partial charge in [-0.05, 0) is 62.2 Å². The van der Waals surface area contributed by atoms with Crippen LogP contribution in [-0.4, -0.2) is 36.3 Å². The molecule has 1 aliphatic heterocycles. The number of aromatic nitrogens is 1.